The van der Waals surface area contributed by atoms with Gasteiger partial charge in [-0.3, -0.25) is 0 Å². The van der Waals surface area contributed by atoms with Gasteiger partial charge in [0.2, 0.25) is 0 Å². The van der Waals surface area contributed by atoms with Crippen LogP contribution in [0.1, 0.15) is 6.92 Å². The summed E-state index contributed by atoms with van der Waals surface area (Å²) in [7, 11) is 0. The first-order valence-electron chi connectivity index (χ1n) is 4.21. The number of alkyl halides is 13. The molecular weight excluding hydrogens is 348 g/mol. The highest BCUT2D eigenvalue weighted by atomic mass is 35.5. The van der Waals surface area contributed by atoms with E-state index in [1.54, 1.807) is 0 Å². The fourth-order valence-corrected chi connectivity index (χ4v) is 0.967. The van der Waals surface area contributed by atoms with Crippen molar-refractivity contribution >= 4 is 11.6 Å². The van der Waals surface area contributed by atoms with E-state index in [1.807, 2.05) is 0 Å². The summed E-state index contributed by atoms with van der Waals surface area (Å²) in [6, 6.07) is 0. The maximum absolute atomic E-state index is 12.6. The Hall–Kier alpha value is -0.550. The topological polar surface area (TPSA) is 0 Å². The van der Waals surface area contributed by atoms with Crippen LogP contribution in [0.3, 0.4) is 0 Å². The van der Waals surface area contributed by atoms with Gasteiger partial charge in [0.05, 0.1) is 0 Å². The summed E-state index contributed by atoms with van der Waals surface area (Å²) in [6.07, 6.45) is 0. The fraction of sp³-hybridized carbons (Fsp3) is 1.00. The molecule has 0 aliphatic carbocycles. The zero-order chi connectivity index (χ0) is 17.0. The molecule has 0 aromatic carbocycles. The molecule has 0 nitrogen and oxygen atoms in total. The second-order valence-electron chi connectivity index (χ2n) is 3.68. The maximum atomic E-state index is 12.6. The Kier molecular flexibility index (Phi) is 4.35. The minimum atomic E-state index is -7.56. The van der Waals surface area contributed by atoms with E-state index in [0.29, 0.717) is 0 Å². The summed E-state index contributed by atoms with van der Waals surface area (Å²) < 4.78 is 149. The molecule has 0 N–H and O–H groups in total. The van der Waals surface area contributed by atoms with Crippen LogP contribution in [-0.4, -0.2) is 35.0 Å². The molecular formula is C7H3ClF12. The van der Waals surface area contributed by atoms with Gasteiger partial charge < -0.3 is 0 Å². The second-order valence-corrected chi connectivity index (χ2v) is 4.16. The zero-order valence-electron chi connectivity index (χ0n) is 8.91. The molecule has 13 heteroatoms. The molecule has 0 radical (unpaired) electrons. The van der Waals surface area contributed by atoms with E-state index in [-0.39, 0.29) is 0 Å². The summed E-state index contributed by atoms with van der Waals surface area (Å²) in [6.45, 7) is -0.978. The Morgan fingerprint density at radius 3 is 0.950 bits per heavy atom. The van der Waals surface area contributed by atoms with Gasteiger partial charge in [0, 0.05) is 6.92 Å². The predicted octanol–water partition coefficient (Wildman–Crippen LogP) is 5.01. The third kappa shape index (κ3) is 2.39. The molecule has 0 aliphatic rings. The van der Waals surface area contributed by atoms with Crippen molar-refractivity contribution < 1.29 is 52.7 Å². The molecule has 0 heterocycles. The monoisotopic (exact) mass is 350 g/mol. The first kappa shape index (κ1) is 19.4. The lowest BCUT2D eigenvalue weighted by Gasteiger charge is -2.39. The molecule has 0 amide bonds. The predicted molar refractivity (Wildman–Crippen MR) is 41.2 cm³/mol. The molecule has 0 aromatic rings. The van der Waals surface area contributed by atoms with Crippen LogP contribution in [0, 0.1) is 0 Å². The van der Waals surface area contributed by atoms with Gasteiger partial charge in [-0.15, -0.1) is 0 Å². The van der Waals surface area contributed by atoms with Crippen molar-refractivity contribution in [1.82, 2.24) is 0 Å². The van der Waals surface area contributed by atoms with Crippen LogP contribution in [0.25, 0.3) is 0 Å². The first-order chi connectivity index (χ1) is 8.25. The van der Waals surface area contributed by atoms with E-state index in [4.69, 9.17) is 0 Å². The summed E-state index contributed by atoms with van der Waals surface area (Å²) in [5.74, 6) is -35.2. The lowest BCUT2D eigenvalue weighted by molar-refractivity contribution is -0.414. The smallest absolute Gasteiger partial charge is 0.200 e. The van der Waals surface area contributed by atoms with Gasteiger partial charge in [-0.1, -0.05) is 0 Å². The lowest BCUT2D eigenvalue weighted by Crippen LogP contribution is -2.69. The van der Waals surface area contributed by atoms with Crippen LogP contribution in [-0.2, 0) is 0 Å². The highest BCUT2D eigenvalue weighted by Crippen LogP contribution is 2.60. The van der Waals surface area contributed by atoms with Crippen LogP contribution >= 0.6 is 11.6 Å². The molecule has 0 aromatic heterocycles. The summed E-state index contributed by atoms with van der Waals surface area (Å²) in [5.41, 5.74) is 0. The van der Waals surface area contributed by atoms with Gasteiger partial charge in [0.25, 0.3) is 0 Å². The van der Waals surface area contributed by atoms with Gasteiger partial charge in [-0.05, 0) is 11.6 Å². The van der Waals surface area contributed by atoms with E-state index in [2.05, 4.69) is 11.6 Å². The molecule has 20 heavy (non-hydrogen) atoms. The van der Waals surface area contributed by atoms with Gasteiger partial charge in [-0.25, -0.2) is 0 Å². The van der Waals surface area contributed by atoms with Crippen molar-refractivity contribution in [2.75, 3.05) is 0 Å². The van der Waals surface area contributed by atoms with E-state index in [9.17, 15) is 52.7 Å². The Labute approximate surface area is 107 Å². The molecule has 0 rings (SSSR count). The van der Waals surface area contributed by atoms with Crippen LogP contribution in [0.15, 0.2) is 0 Å². The third-order valence-corrected chi connectivity index (χ3v) is 2.33. The van der Waals surface area contributed by atoms with E-state index < -0.39 is 41.9 Å². The Morgan fingerprint density at radius 1 is 0.500 bits per heavy atom. The van der Waals surface area contributed by atoms with Crippen molar-refractivity contribution in [3.63, 3.8) is 0 Å². The number of hydrogen-bond acceptors (Lipinski definition) is 0. The minimum Gasteiger partial charge on any atom is -0.200 e. The van der Waals surface area contributed by atoms with Gasteiger partial charge in [0.1, 0.15) is 0 Å². The summed E-state index contributed by atoms with van der Waals surface area (Å²) in [5, 5.41) is -6.39. The van der Waals surface area contributed by atoms with Gasteiger partial charge >= 0.3 is 35.0 Å². The molecule has 0 fully saturated rings. The Morgan fingerprint density at radius 2 is 0.750 bits per heavy atom. The SMILES string of the molecule is CC(F)(F)C(F)(F)C(F)(F)C(F)(F)C(F)(F)C(F)(F)Cl. The van der Waals surface area contributed by atoms with Crippen LogP contribution in [0.4, 0.5) is 52.7 Å². The quantitative estimate of drug-likeness (QED) is 0.483. The summed E-state index contributed by atoms with van der Waals surface area (Å²) >= 11 is 3.45. The van der Waals surface area contributed by atoms with E-state index >= 15 is 0 Å². The number of halogens is 13. The van der Waals surface area contributed by atoms with Crippen LogP contribution in [0.5, 0.6) is 0 Å². The highest BCUT2D eigenvalue weighted by molar-refractivity contribution is 6.22. The van der Waals surface area contributed by atoms with Crippen LogP contribution in [0.2, 0.25) is 0 Å². The van der Waals surface area contributed by atoms with Crippen molar-refractivity contribution in [2.24, 2.45) is 0 Å². The maximum Gasteiger partial charge on any atom is 0.393 e. The molecule has 0 saturated heterocycles. The lowest BCUT2D eigenvalue weighted by atomic mass is 9.95. The molecule has 0 aliphatic heterocycles. The Bertz CT molecular complexity index is 325. The van der Waals surface area contributed by atoms with Crippen molar-refractivity contribution in [1.29, 1.82) is 0 Å². The molecule has 0 bridgehead atoms. The van der Waals surface area contributed by atoms with Crippen molar-refractivity contribution in [2.45, 2.75) is 41.9 Å². The third-order valence-electron chi connectivity index (χ3n) is 2.09. The number of rotatable bonds is 5. The first-order valence-corrected chi connectivity index (χ1v) is 4.58. The summed E-state index contributed by atoms with van der Waals surface area (Å²) in [4.78, 5) is 0. The second kappa shape index (κ2) is 4.47. The average molecular weight is 351 g/mol. The zero-order valence-corrected chi connectivity index (χ0v) is 9.67. The average Bonchev–Trinajstić information content (AvgIpc) is 2.12. The van der Waals surface area contributed by atoms with Gasteiger partial charge in [-0.2, -0.15) is 52.7 Å². The molecule has 0 spiro atoms. The van der Waals surface area contributed by atoms with E-state index in [1.165, 1.54) is 0 Å². The largest absolute Gasteiger partial charge is 0.393 e. The molecule has 0 unspecified atom stereocenters. The normalized spacial score (nSPS) is 16.5. The molecule has 0 atom stereocenters. The van der Waals surface area contributed by atoms with E-state index in [0.717, 1.165) is 0 Å². The Balaban J connectivity index is 6.08. The van der Waals surface area contributed by atoms with Gasteiger partial charge in [0.15, 0.2) is 0 Å². The van der Waals surface area contributed by atoms with Crippen LogP contribution < -0.4 is 0 Å². The molecule has 0 saturated carbocycles. The minimum absolute atomic E-state index is 0.978. The number of hydrogen-bond donors (Lipinski definition) is 0. The standard InChI is InChI=1S/C7H3ClF12/c1-2(9,10)3(11,12)4(13,14)5(15,16)6(17,18)7(8,19)20/h1H3. The highest BCUT2D eigenvalue weighted by Gasteiger charge is 2.89. The van der Waals surface area contributed by atoms with Crippen molar-refractivity contribution in [3.8, 4) is 0 Å². The fourth-order valence-electron chi connectivity index (χ4n) is 0.848. The van der Waals surface area contributed by atoms with Crippen molar-refractivity contribution in [3.05, 3.63) is 0 Å². The molecule has 122 valence electrons.